The summed E-state index contributed by atoms with van der Waals surface area (Å²) in [5, 5.41) is 10.1. The monoisotopic (exact) mass is 393 g/mol. The van der Waals surface area contributed by atoms with Crippen molar-refractivity contribution in [1.29, 1.82) is 0 Å². The van der Waals surface area contributed by atoms with Crippen molar-refractivity contribution in [2.45, 2.75) is 13.1 Å². The molecule has 140 valence electrons. The SMILES string of the molecule is O=C(O)c1c(Cl)c(-c2ccccc2)n2c1CN(c1nc3ccccc3o1)CC2. The van der Waals surface area contributed by atoms with Crippen LogP contribution in [-0.4, -0.2) is 27.2 Å². The Hall–Kier alpha value is -3.25. The number of hydrogen-bond acceptors (Lipinski definition) is 4. The summed E-state index contributed by atoms with van der Waals surface area (Å²) >= 11 is 6.55. The van der Waals surface area contributed by atoms with Gasteiger partial charge in [-0.1, -0.05) is 54.1 Å². The number of carbonyl (C=O) groups is 1. The fourth-order valence-corrected chi connectivity index (χ4v) is 4.18. The number of aromatic nitrogens is 2. The van der Waals surface area contributed by atoms with E-state index in [0.717, 1.165) is 16.8 Å². The van der Waals surface area contributed by atoms with Gasteiger partial charge in [0.1, 0.15) is 11.1 Å². The number of para-hydroxylation sites is 2. The highest BCUT2D eigenvalue weighted by atomic mass is 35.5. The molecule has 0 spiro atoms. The van der Waals surface area contributed by atoms with Gasteiger partial charge in [0.25, 0.3) is 6.01 Å². The second kappa shape index (κ2) is 6.42. The Labute approximate surface area is 165 Å². The van der Waals surface area contributed by atoms with Gasteiger partial charge in [0, 0.05) is 13.1 Å². The third kappa shape index (κ3) is 2.57. The predicted molar refractivity (Wildman–Crippen MR) is 107 cm³/mol. The average molecular weight is 394 g/mol. The van der Waals surface area contributed by atoms with Crippen molar-refractivity contribution in [1.82, 2.24) is 9.55 Å². The van der Waals surface area contributed by atoms with Gasteiger partial charge >= 0.3 is 5.97 Å². The zero-order valence-electron chi connectivity index (χ0n) is 14.8. The minimum atomic E-state index is -1.03. The number of fused-ring (bicyclic) bond motifs is 2. The van der Waals surface area contributed by atoms with Crippen LogP contribution in [0.25, 0.3) is 22.4 Å². The molecule has 0 bridgehead atoms. The van der Waals surface area contributed by atoms with Crippen molar-refractivity contribution in [2.24, 2.45) is 0 Å². The van der Waals surface area contributed by atoms with Gasteiger partial charge in [-0.2, -0.15) is 4.98 Å². The molecule has 1 N–H and O–H groups in total. The summed E-state index contributed by atoms with van der Waals surface area (Å²) in [6.45, 7) is 1.59. The lowest BCUT2D eigenvalue weighted by atomic mass is 10.1. The molecule has 0 amide bonds. The number of oxazole rings is 1. The molecule has 1 aliphatic heterocycles. The van der Waals surface area contributed by atoms with Gasteiger partial charge in [-0.3, -0.25) is 0 Å². The number of aromatic carboxylic acids is 1. The molecule has 0 unspecified atom stereocenters. The predicted octanol–water partition coefficient (Wildman–Crippen LogP) is 4.67. The van der Waals surface area contributed by atoms with Crippen LogP contribution in [-0.2, 0) is 13.1 Å². The number of rotatable bonds is 3. The van der Waals surface area contributed by atoms with Crippen LogP contribution in [0.15, 0.2) is 59.0 Å². The second-order valence-electron chi connectivity index (χ2n) is 6.69. The number of hydrogen-bond donors (Lipinski definition) is 1. The van der Waals surface area contributed by atoms with Crippen molar-refractivity contribution in [3.63, 3.8) is 0 Å². The summed E-state index contributed by atoms with van der Waals surface area (Å²) in [4.78, 5) is 18.5. The summed E-state index contributed by atoms with van der Waals surface area (Å²) in [6, 6.07) is 17.7. The molecule has 1 aliphatic rings. The highest BCUT2D eigenvalue weighted by Crippen LogP contribution is 2.38. The molecule has 0 radical (unpaired) electrons. The number of nitrogens with zero attached hydrogens (tertiary/aromatic N) is 3. The lowest BCUT2D eigenvalue weighted by Crippen LogP contribution is -2.34. The van der Waals surface area contributed by atoms with Gasteiger partial charge in [0.2, 0.25) is 0 Å². The van der Waals surface area contributed by atoms with Gasteiger partial charge in [-0.25, -0.2) is 4.79 Å². The van der Waals surface area contributed by atoms with Crippen LogP contribution in [0.3, 0.4) is 0 Å². The van der Waals surface area contributed by atoms with Crippen LogP contribution < -0.4 is 4.90 Å². The van der Waals surface area contributed by atoms with Crippen molar-refractivity contribution in [3.05, 3.63) is 70.9 Å². The van der Waals surface area contributed by atoms with Crippen LogP contribution in [0.1, 0.15) is 16.1 Å². The lowest BCUT2D eigenvalue weighted by molar-refractivity contribution is 0.0695. The van der Waals surface area contributed by atoms with Crippen molar-refractivity contribution < 1.29 is 14.3 Å². The molecule has 7 heteroatoms. The van der Waals surface area contributed by atoms with E-state index in [-0.39, 0.29) is 10.6 Å². The first-order valence-corrected chi connectivity index (χ1v) is 9.31. The molecule has 5 rings (SSSR count). The molecular formula is C21H16ClN3O3. The number of carboxylic acids is 1. The van der Waals surface area contributed by atoms with E-state index >= 15 is 0 Å². The van der Waals surface area contributed by atoms with Gasteiger partial charge in [0.15, 0.2) is 5.58 Å². The van der Waals surface area contributed by atoms with Crippen LogP contribution in [0, 0.1) is 0 Å². The summed E-state index contributed by atoms with van der Waals surface area (Å²) in [6.07, 6.45) is 0. The number of anilines is 1. The van der Waals surface area contributed by atoms with E-state index in [4.69, 9.17) is 16.0 Å². The highest BCUT2D eigenvalue weighted by molar-refractivity contribution is 6.36. The number of halogens is 1. The third-order valence-electron chi connectivity index (χ3n) is 5.06. The highest BCUT2D eigenvalue weighted by Gasteiger charge is 2.32. The third-order valence-corrected chi connectivity index (χ3v) is 5.43. The van der Waals surface area contributed by atoms with E-state index in [1.807, 2.05) is 64.1 Å². The molecule has 0 saturated carbocycles. The quantitative estimate of drug-likeness (QED) is 0.547. The van der Waals surface area contributed by atoms with Crippen molar-refractivity contribution in [2.75, 3.05) is 11.4 Å². The second-order valence-corrected chi connectivity index (χ2v) is 7.07. The normalized spacial score (nSPS) is 13.7. The molecule has 2 aromatic heterocycles. The van der Waals surface area contributed by atoms with E-state index in [0.29, 0.717) is 36.9 Å². The maximum absolute atomic E-state index is 12.0. The zero-order chi connectivity index (χ0) is 19.3. The van der Waals surface area contributed by atoms with Crippen molar-refractivity contribution >= 4 is 34.7 Å². The molecule has 4 aromatic rings. The van der Waals surface area contributed by atoms with Crippen LogP contribution in [0.5, 0.6) is 0 Å². The van der Waals surface area contributed by atoms with Gasteiger partial charge in [0.05, 0.1) is 23.0 Å². The Bertz CT molecular complexity index is 1160. The Morgan fingerprint density at radius 2 is 1.82 bits per heavy atom. The molecular weight excluding hydrogens is 378 g/mol. The minimum absolute atomic E-state index is 0.140. The largest absolute Gasteiger partial charge is 0.478 e. The number of benzene rings is 2. The minimum Gasteiger partial charge on any atom is -0.478 e. The fraction of sp³-hybridized carbons (Fsp3) is 0.143. The Morgan fingerprint density at radius 1 is 1.07 bits per heavy atom. The van der Waals surface area contributed by atoms with Gasteiger partial charge in [-0.15, -0.1) is 0 Å². The van der Waals surface area contributed by atoms with Crippen LogP contribution in [0.4, 0.5) is 6.01 Å². The molecule has 28 heavy (non-hydrogen) atoms. The standard InChI is InChI=1S/C21H16ClN3O3/c22-18-17(20(26)27)15-12-24(21-23-14-8-4-5-9-16(14)28-21)10-11-25(15)19(18)13-6-2-1-3-7-13/h1-9H,10-12H2,(H,26,27). The summed E-state index contributed by atoms with van der Waals surface area (Å²) < 4.78 is 7.87. The van der Waals surface area contributed by atoms with E-state index in [2.05, 4.69) is 4.98 Å². The molecule has 0 aliphatic carbocycles. The first kappa shape index (κ1) is 16.9. The maximum atomic E-state index is 12.0. The lowest BCUT2D eigenvalue weighted by Gasteiger charge is -2.28. The molecule has 3 heterocycles. The van der Waals surface area contributed by atoms with E-state index < -0.39 is 5.97 Å². The smallest absolute Gasteiger partial charge is 0.339 e. The summed E-state index contributed by atoms with van der Waals surface area (Å²) in [5.41, 5.74) is 3.93. The van der Waals surface area contributed by atoms with Gasteiger partial charge in [-0.05, 0) is 17.7 Å². The zero-order valence-corrected chi connectivity index (χ0v) is 15.6. The molecule has 2 aromatic carbocycles. The number of carboxylic acid groups (broad SMARTS) is 1. The van der Waals surface area contributed by atoms with Crippen LogP contribution in [0.2, 0.25) is 5.02 Å². The molecule has 6 nitrogen and oxygen atoms in total. The average Bonchev–Trinajstić information content (AvgIpc) is 3.26. The van der Waals surface area contributed by atoms with Crippen LogP contribution >= 0.6 is 11.6 Å². The Kier molecular flexibility index (Phi) is 3.87. The van der Waals surface area contributed by atoms with Gasteiger partial charge < -0.3 is 19.0 Å². The van der Waals surface area contributed by atoms with E-state index in [9.17, 15) is 9.90 Å². The Morgan fingerprint density at radius 3 is 2.57 bits per heavy atom. The topological polar surface area (TPSA) is 71.5 Å². The molecule has 0 fully saturated rings. The summed E-state index contributed by atoms with van der Waals surface area (Å²) in [5.74, 6) is -1.03. The van der Waals surface area contributed by atoms with Crippen molar-refractivity contribution in [3.8, 4) is 11.3 Å². The van der Waals surface area contributed by atoms with E-state index in [1.54, 1.807) is 0 Å². The first-order chi connectivity index (χ1) is 13.6. The molecule has 0 saturated heterocycles. The molecule has 0 atom stereocenters. The first-order valence-electron chi connectivity index (χ1n) is 8.93. The maximum Gasteiger partial charge on any atom is 0.339 e. The summed E-state index contributed by atoms with van der Waals surface area (Å²) in [7, 11) is 0. The fourth-order valence-electron chi connectivity index (χ4n) is 3.78. The Balaban J connectivity index is 1.61. The van der Waals surface area contributed by atoms with E-state index in [1.165, 1.54) is 0 Å².